The van der Waals surface area contributed by atoms with Crippen LogP contribution in [0.5, 0.6) is 0 Å². The predicted octanol–water partition coefficient (Wildman–Crippen LogP) is 3.28. The first-order chi connectivity index (χ1) is 13.2. The predicted molar refractivity (Wildman–Crippen MR) is 106 cm³/mol. The Hall–Kier alpha value is -1.51. The third-order valence-electron chi connectivity index (χ3n) is 5.49. The molecule has 1 fully saturated rings. The minimum absolute atomic E-state index is 0.00588. The van der Waals surface area contributed by atoms with Crippen LogP contribution in [0.4, 0.5) is 8.78 Å². The van der Waals surface area contributed by atoms with Gasteiger partial charge in [-0.2, -0.15) is 0 Å². The Labute approximate surface area is 166 Å². The van der Waals surface area contributed by atoms with Crippen molar-refractivity contribution in [1.29, 1.82) is 0 Å². The summed E-state index contributed by atoms with van der Waals surface area (Å²) in [5.74, 6) is 0. The van der Waals surface area contributed by atoms with E-state index in [0.717, 1.165) is 37.7 Å². The normalized spacial score (nSPS) is 17.9. The summed E-state index contributed by atoms with van der Waals surface area (Å²) in [5, 5.41) is 0. The van der Waals surface area contributed by atoms with Crippen LogP contribution in [0.15, 0.2) is 18.2 Å². The van der Waals surface area contributed by atoms with Crippen molar-refractivity contribution in [1.82, 2.24) is 10.9 Å². The van der Waals surface area contributed by atoms with E-state index in [1.165, 1.54) is 6.07 Å². The molecule has 0 spiro atoms. The van der Waals surface area contributed by atoms with Crippen molar-refractivity contribution >= 4 is 19.0 Å². The topological polar surface area (TPSA) is 59.6 Å². The van der Waals surface area contributed by atoms with Crippen molar-refractivity contribution < 1.29 is 22.9 Å². The zero-order chi connectivity index (χ0) is 20.8. The zero-order valence-corrected chi connectivity index (χ0v) is 17.2. The molecule has 1 aliphatic heterocycles. The SMILES string of the molecule is CC1(C)OB(c2cc(CCCCCCNNC=O)cc(C(F)F)c2)OC1(C)C. The van der Waals surface area contributed by atoms with Gasteiger partial charge in [-0.25, -0.2) is 14.2 Å². The number of aryl methyl sites for hydroxylation is 1. The number of amides is 1. The molecule has 28 heavy (non-hydrogen) atoms. The van der Waals surface area contributed by atoms with Gasteiger partial charge in [-0.05, 0) is 58.0 Å². The number of hydrogen-bond donors (Lipinski definition) is 2. The molecule has 5 nitrogen and oxygen atoms in total. The molecule has 0 radical (unpaired) electrons. The maximum atomic E-state index is 13.4. The number of benzene rings is 1. The lowest BCUT2D eigenvalue weighted by Gasteiger charge is -2.32. The third kappa shape index (κ3) is 5.99. The molecule has 0 aromatic heterocycles. The fourth-order valence-electron chi connectivity index (χ4n) is 3.14. The van der Waals surface area contributed by atoms with Crippen LogP contribution < -0.4 is 16.3 Å². The molecule has 1 amide bonds. The molecule has 156 valence electrons. The lowest BCUT2D eigenvalue weighted by atomic mass is 9.77. The van der Waals surface area contributed by atoms with Crippen LogP contribution in [-0.2, 0) is 20.5 Å². The van der Waals surface area contributed by atoms with Crippen LogP contribution in [0, 0.1) is 0 Å². The Morgan fingerprint density at radius 3 is 2.29 bits per heavy atom. The van der Waals surface area contributed by atoms with Crippen LogP contribution in [-0.4, -0.2) is 31.3 Å². The van der Waals surface area contributed by atoms with Crippen molar-refractivity contribution in [3.8, 4) is 0 Å². The molecule has 0 bridgehead atoms. The first-order valence-corrected chi connectivity index (χ1v) is 9.86. The van der Waals surface area contributed by atoms with E-state index in [2.05, 4.69) is 10.9 Å². The van der Waals surface area contributed by atoms with Gasteiger partial charge >= 0.3 is 7.12 Å². The third-order valence-corrected chi connectivity index (χ3v) is 5.49. The molecule has 1 aliphatic rings. The number of rotatable bonds is 11. The molecular weight excluding hydrogens is 365 g/mol. The Morgan fingerprint density at radius 1 is 1.04 bits per heavy atom. The van der Waals surface area contributed by atoms with Crippen LogP contribution in [0.1, 0.15) is 70.9 Å². The van der Waals surface area contributed by atoms with Gasteiger partial charge in [-0.3, -0.25) is 10.2 Å². The molecule has 1 aromatic rings. The largest absolute Gasteiger partial charge is 0.494 e. The van der Waals surface area contributed by atoms with Crippen LogP contribution in [0.3, 0.4) is 0 Å². The molecule has 0 unspecified atom stereocenters. The second-order valence-electron chi connectivity index (χ2n) is 8.25. The summed E-state index contributed by atoms with van der Waals surface area (Å²) in [4.78, 5) is 10.1. The number of halogens is 2. The van der Waals surface area contributed by atoms with Crippen molar-refractivity contribution in [3.05, 3.63) is 29.3 Å². The number of alkyl halides is 2. The molecule has 1 saturated heterocycles. The van der Waals surface area contributed by atoms with Crippen molar-refractivity contribution in [2.45, 2.75) is 77.4 Å². The van der Waals surface area contributed by atoms with Gasteiger partial charge in [-0.1, -0.05) is 31.0 Å². The fraction of sp³-hybridized carbons (Fsp3) is 0.650. The summed E-state index contributed by atoms with van der Waals surface area (Å²) in [6.45, 7) is 8.51. The molecule has 0 aliphatic carbocycles. The van der Waals surface area contributed by atoms with E-state index >= 15 is 0 Å². The lowest BCUT2D eigenvalue weighted by Crippen LogP contribution is -2.41. The minimum atomic E-state index is -2.53. The van der Waals surface area contributed by atoms with Crippen LogP contribution in [0.25, 0.3) is 0 Å². The number of nitrogens with one attached hydrogen (secondary N) is 2. The monoisotopic (exact) mass is 396 g/mol. The highest BCUT2D eigenvalue weighted by Crippen LogP contribution is 2.36. The molecule has 0 saturated carbocycles. The summed E-state index contributed by atoms with van der Waals surface area (Å²) in [5.41, 5.74) is 5.70. The number of hydrazine groups is 1. The molecule has 1 aromatic carbocycles. The second kappa shape index (κ2) is 9.81. The Kier molecular flexibility index (Phi) is 7.98. The Morgan fingerprint density at radius 2 is 1.68 bits per heavy atom. The maximum Gasteiger partial charge on any atom is 0.494 e. The van der Waals surface area contributed by atoms with E-state index < -0.39 is 24.7 Å². The maximum absolute atomic E-state index is 13.4. The van der Waals surface area contributed by atoms with E-state index in [1.807, 2.05) is 33.8 Å². The molecule has 2 N–H and O–H groups in total. The molecule has 1 heterocycles. The van der Waals surface area contributed by atoms with Crippen molar-refractivity contribution in [2.75, 3.05) is 6.54 Å². The summed E-state index contributed by atoms with van der Waals surface area (Å²) in [6, 6.07) is 4.99. The smallest absolute Gasteiger partial charge is 0.399 e. The van der Waals surface area contributed by atoms with Crippen molar-refractivity contribution in [2.24, 2.45) is 0 Å². The first-order valence-electron chi connectivity index (χ1n) is 9.86. The number of unbranched alkanes of at least 4 members (excludes halogenated alkanes) is 3. The van der Waals surface area contributed by atoms with Gasteiger partial charge in [0, 0.05) is 12.1 Å². The number of carbonyl (C=O) groups excluding carboxylic acids is 1. The van der Waals surface area contributed by atoms with Gasteiger partial charge in [0.1, 0.15) is 0 Å². The van der Waals surface area contributed by atoms with E-state index in [-0.39, 0.29) is 5.56 Å². The quantitative estimate of drug-likeness (QED) is 0.261. The lowest BCUT2D eigenvalue weighted by molar-refractivity contribution is -0.110. The average molecular weight is 396 g/mol. The standard InChI is InChI=1S/C20H31BF2N2O3/c1-19(2)20(3,4)28-21(27-19)17-12-15(11-16(13-17)18(22)23)9-7-5-6-8-10-24-25-14-26/h11-14,18,24H,5-10H2,1-4H3,(H,25,26). The Balaban J connectivity index is 1.97. The first kappa shape index (κ1) is 22.8. The van der Waals surface area contributed by atoms with Crippen molar-refractivity contribution in [3.63, 3.8) is 0 Å². The number of hydrogen-bond acceptors (Lipinski definition) is 4. The summed E-state index contributed by atoms with van der Waals surface area (Å²) in [6.07, 6.45) is 2.66. The zero-order valence-electron chi connectivity index (χ0n) is 17.2. The summed E-state index contributed by atoms with van der Waals surface area (Å²) >= 11 is 0. The average Bonchev–Trinajstić information content (AvgIpc) is 2.84. The Bertz CT molecular complexity index is 640. The fourth-order valence-corrected chi connectivity index (χ4v) is 3.14. The van der Waals surface area contributed by atoms with Gasteiger partial charge in [-0.15, -0.1) is 0 Å². The number of carbonyl (C=O) groups is 1. The van der Waals surface area contributed by atoms with E-state index in [9.17, 15) is 13.6 Å². The van der Waals surface area contributed by atoms with Gasteiger partial charge in [0.25, 0.3) is 6.43 Å². The van der Waals surface area contributed by atoms with Gasteiger partial charge < -0.3 is 9.31 Å². The van der Waals surface area contributed by atoms with E-state index in [4.69, 9.17) is 9.31 Å². The van der Waals surface area contributed by atoms with E-state index in [1.54, 1.807) is 6.07 Å². The minimum Gasteiger partial charge on any atom is -0.399 e. The van der Waals surface area contributed by atoms with E-state index in [0.29, 0.717) is 18.4 Å². The summed E-state index contributed by atoms with van der Waals surface area (Å²) < 4.78 is 38.8. The molecule has 8 heteroatoms. The highest BCUT2D eigenvalue weighted by molar-refractivity contribution is 6.62. The highest BCUT2D eigenvalue weighted by atomic mass is 19.3. The van der Waals surface area contributed by atoms with Gasteiger partial charge in [0.2, 0.25) is 6.41 Å². The van der Waals surface area contributed by atoms with Crippen LogP contribution >= 0.6 is 0 Å². The highest BCUT2D eigenvalue weighted by Gasteiger charge is 2.51. The molecular formula is C20H31BF2N2O3. The molecule has 2 rings (SSSR count). The summed E-state index contributed by atoms with van der Waals surface area (Å²) in [7, 11) is -0.640. The van der Waals surface area contributed by atoms with Gasteiger partial charge in [0.15, 0.2) is 0 Å². The molecule has 0 atom stereocenters. The van der Waals surface area contributed by atoms with Gasteiger partial charge in [0.05, 0.1) is 11.2 Å². The second-order valence-corrected chi connectivity index (χ2v) is 8.25. The van der Waals surface area contributed by atoms with Crippen LogP contribution in [0.2, 0.25) is 0 Å².